The van der Waals surface area contributed by atoms with Crippen LogP contribution in [0.5, 0.6) is 0 Å². The van der Waals surface area contributed by atoms with Crippen LogP contribution in [0.3, 0.4) is 0 Å². The summed E-state index contributed by atoms with van der Waals surface area (Å²) in [7, 11) is 2.81. The molecule has 0 aliphatic heterocycles. The van der Waals surface area contributed by atoms with Crippen molar-refractivity contribution in [2.45, 2.75) is 45.8 Å². The fourth-order valence-electron chi connectivity index (χ4n) is 1.23. The molecule has 68 valence electrons. The van der Waals surface area contributed by atoms with Gasteiger partial charge in [-0.1, -0.05) is 42.6 Å². The smallest absolute Gasteiger partial charge is 0.0216 e. The van der Waals surface area contributed by atoms with E-state index in [0.29, 0.717) is 4.75 Å². The molecule has 0 amide bonds. The summed E-state index contributed by atoms with van der Waals surface area (Å²) < 4.78 is 0.430. The first kappa shape index (κ1) is 11.8. The van der Waals surface area contributed by atoms with Gasteiger partial charge in [0.2, 0.25) is 0 Å². The minimum atomic E-state index is 0.430. The van der Waals surface area contributed by atoms with Crippen LogP contribution in [0.15, 0.2) is 0 Å². The van der Waals surface area contributed by atoms with Crippen molar-refractivity contribution in [1.29, 1.82) is 0 Å². The molecule has 0 spiro atoms. The highest BCUT2D eigenvalue weighted by atomic mass is 32.7. The standard InChI is InChI=1S/C9H21PS/c1-6-8(4)9(5,11-10)7(2)3/h7-8H,6,10H2,1-5H3. The fraction of sp³-hybridized carbons (Fsp3) is 1.00. The molecule has 0 aliphatic rings. The van der Waals surface area contributed by atoms with Crippen molar-refractivity contribution >= 4 is 19.8 Å². The lowest BCUT2D eigenvalue weighted by Crippen LogP contribution is -2.33. The first-order valence-corrected chi connectivity index (χ1v) is 6.66. The highest BCUT2D eigenvalue weighted by Gasteiger charge is 2.32. The molecule has 0 aliphatic carbocycles. The molecule has 3 atom stereocenters. The first-order chi connectivity index (χ1) is 4.99. The fourth-order valence-corrected chi connectivity index (χ4v) is 3.41. The SMILES string of the molecule is CCC(C)C(C)(SP)C(C)C. The van der Waals surface area contributed by atoms with Crippen molar-refractivity contribution in [1.82, 2.24) is 0 Å². The zero-order valence-electron chi connectivity index (χ0n) is 8.35. The maximum absolute atomic E-state index is 2.81. The summed E-state index contributed by atoms with van der Waals surface area (Å²) in [6, 6.07) is 0. The van der Waals surface area contributed by atoms with E-state index in [4.69, 9.17) is 0 Å². The van der Waals surface area contributed by atoms with Crippen LogP contribution < -0.4 is 0 Å². The van der Waals surface area contributed by atoms with Crippen LogP contribution in [-0.2, 0) is 0 Å². The maximum Gasteiger partial charge on any atom is 0.0216 e. The van der Waals surface area contributed by atoms with Gasteiger partial charge in [-0.05, 0) is 18.8 Å². The lowest BCUT2D eigenvalue weighted by molar-refractivity contribution is 0.334. The molecule has 0 aromatic rings. The Hall–Kier alpha value is 0.780. The van der Waals surface area contributed by atoms with Crippen LogP contribution in [0, 0.1) is 11.8 Å². The van der Waals surface area contributed by atoms with Crippen molar-refractivity contribution < 1.29 is 0 Å². The van der Waals surface area contributed by atoms with Gasteiger partial charge < -0.3 is 0 Å². The first-order valence-electron chi connectivity index (χ1n) is 4.36. The highest BCUT2D eigenvalue weighted by Crippen LogP contribution is 2.44. The second kappa shape index (κ2) is 4.72. The van der Waals surface area contributed by atoms with Gasteiger partial charge in [-0.25, -0.2) is 0 Å². The number of rotatable bonds is 4. The highest BCUT2D eigenvalue weighted by molar-refractivity contribution is 8.44. The van der Waals surface area contributed by atoms with Gasteiger partial charge in [0.25, 0.3) is 0 Å². The Bertz CT molecular complexity index is 114. The topological polar surface area (TPSA) is 0 Å². The molecule has 0 saturated carbocycles. The van der Waals surface area contributed by atoms with E-state index in [9.17, 15) is 0 Å². The van der Waals surface area contributed by atoms with E-state index in [1.165, 1.54) is 6.42 Å². The summed E-state index contributed by atoms with van der Waals surface area (Å²) in [5.41, 5.74) is 0. The lowest BCUT2D eigenvalue weighted by Gasteiger charge is -2.37. The van der Waals surface area contributed by atoms with Gasteiger partial charge in [-0.3, -0.25) is 0 Å². The molecule has 3 unspecified atom stereocenters. The molecule has 0 fully saturated rings. The predicted molar refractivity (Wildman–Crippen MR) is 60.0 cm³/mol. The third kappa shape index (κ3) is 2.63. The van der Waals surface area contributed by atoms with Crippen LogP contribution in [-0.4, -0.2) is 4.75 Å². The van der Waals surface area contributed by atoms with Gasteiger partial charge >= 0.3 is 0 Å². The Balaban J connectivity index is 4.32. The molecule has 0 rings (SSSR count). The Morgan fingerprint density at radius 2 is 1.82 bits per heavy atom. The molecule has 0 nitrogen and oxygen atoms in total. The minimum absolute atomic E-state index is 0.430. The van der Waals surface area contributed by atoms with E-state index in [0.717, 1.165) is 11.8 Å². The van der Waals surface area contributed by atoms with Crippen molar-refractivity contribution in [3.8, 4) is 0 Å². The van der Waals surface area contributed by atoms with Crippen LogP contribution in [0.4, 0.5) is 0 Å². The van der Waals surface area contributed by atoms with Gasteiger partial charge in [-0.15, -0.1) is 11.4 Å². The number of hydrogen-bond acceptors (Lipinski definition) is 1. The normalized spacial score (nSPS) is 19.9. The number of hydrogen-bond donors (Lipinski definition) is 0. The summed E-state index contributed by atoms with van der Waals surface area (Å²) in [5, 5.41) is 0. The van der Waals surface area contributed by atoms with Gasteiger partial charge in [0.1, 0.15) is 0 Å². The van der Waals surface area contributed by atoms with Gasteiger partial charge in [0.15, 0.2) is 0 Å². The minimum Gasteiger partial charge on any atom is -0.134 e. The van der Waals surface area contributed by atoms with E-state index in [1.807, 2.05) is 11.4 Å². The quantitative estimate of drug-likeness (QED) is 0.607. The van der Waals surface area contributed by atoms with Crippen LogP contribution in [0.1, 0.15) is 41.0 Å². The average molecular weight is 192 g/mol. The third-order valence-electron chi connectivity index (χ3n) is 2.99. The molecule has 0 aromatic carbocycles. The lowest BCUT2D eigenvalue weighted by atomic mass is 9.83. The zero-order valence-corrected chi connectivity index (χ0v) is 10.3. The van der Waals surface area contributed by atoms with Gasteiger partial charge in [-0.2, -0.15) is 0 Å². The summed E-state index contributed by atoms with van der Waals surface area (Å²) in [4.78, 5) is 0. The van der Waals surface area contributed by atoms with E-state index < -0.39 is 0 Å². The Labute approximate surface area is 77.9 Å². The zero-order chi connectivity index (χ0) is 9.07. The van der Waals surface area contributed by atoms with Crippen molar-refractivity contribution in [3.05, 3.63) is 0 Å². The second-order valence-corrected chi connectivity index (χ2v) is 5.59. The Morgan fingerprint density at radius 3 is 1.91 bits per heavy atom. The molecule has 2 heteroatoms. The van der Waals surface area contributed by atoms with E-state index in [-0.39, 0.29) is 0 Å². The van der Waals surface area contributed by atoms with Crippen molar-refractivity contribution in [2.24, 2.45) is 11.8 Å². The Kier molecular flexibility index (Phi) is 5.05. The van der Waals surface area contributed by atoms with Crippen LogP contribution in [0.25, 0.3) is 0 Å². The predicted octanol–water partition coefficient (Wildman–Crippen LogP) is 3.97. The van der Waals surface area contributed by atoms with E-state index in [2.05, 4.69) is 43.1 Å². The summed E-state index contributed by atoms with van der Waals surface area (Å²) >= 11 is 1.93. The molecule has 11 heavy (non-hydrogen) atoms. The molecule has 0 N–H and O–H groups in total. The molecule has 0 aromatic heterocycles. The largest absolute Gasteiger partial charge is 0.134 e. The van der Waals surface area contributed by atoms with Gasteiger partial charge in [0, 0.05) is 4.75 Å². The molecule has 0 radical (unpaired) electrons. The average Bonchev–Trinajstić information content (AvgIpc) is 2.01. The molecular formula is C9H21PS. The Morgan fingerprint density at radius 1 is 1.36 bits per heavy atom. The summed E-state index contributed by atoms with van der Waals surface area (Å²) in [6.45, 7) is 11.6. The monoisotopic (exact) mass is 192 g/mol. The third-order valence-corrected chi connectivity index (χ3v) is 5.90. The van der Waals surface area contributed by atoms with Crippen LogP contribution in [0.2, 0.25) is 0 Å². The van der Waals surface area contributed by atoms with E-state index in [1.54, 1.807) is 0 Å². The maximum atomic E-state index is 2.81. The van der Waals surface area contributed by atoms with Gasteiger partial charge in [0.05, 0.1) is 0 Å². The molecule has 0 saturated heterocycles. The molecular weight excluding hydrogens is 171 g/mol. The van der Waals surface area contributed by atoms with E-state index >= 15 is 0 Å². The van der Waals surface area contributed by atoms with Crippen molar-refractivity contribution in [2.75, 3.05) is 0 Å². The second-order valence-electron chi connectivity index (χ2n) is 3.77. The summed E-state index contributed by atoms with van der Waals surface area (Å²) in [5.74, 6) is 1.55. The molecule has 0 heterocycles. The summed E-state index contributed by atoms with van der Waals surface area (Å²) in [6.07, 6.45) is 1.27. The molecule has 0 bridgehead atoms. The van der Waals surface area contributed by atoms with Crippen molar-refractivity contribution in [3.63, 3.8) is 0 Å². The van der Waals surface area contributed by atoms with Crippen LogP contribution >= 0.6 is 19.8 Å².